The van der Waals surface area contributed by atoms with E-state index >= 15 is 0 Å². The Kier molecular flexibility index (Phi) is 3.56. The fourth-order valence-electron chi connectivity index (χ4n) is 3.56. The third-order valence-electron chi connectivity index (χ3n) is 4.65. The predicted molar refractivity (Wildman–Crippen MR) is 89.6 cm³/mol. The van der Waals surface area contributed by atoms with E-state index in [4.69, 9.17) is 0 Å². The predicted octanol–water partition coefficient (Wildman–Crippen LogP) is 2.83. The van der Waals surface area contributed by atoms with Crippen LogP contribution in [0.15, 0.2) is 48.0 Å². The first-order valence-corrected chi connectivity index (χ1v) is 8.68. The molecule has 0 saturated carbocycles. The maximum atomic E-state index is 12.8. The van der Waals surface area contributed by atoms with Crippen LogP contribution in [0.2, 0.25) is 0 Å². The SMILES string of the molecule is O=C(C[NH+]1CCC[C@@H]1c1cccs1)c1c[nH]c2ccccc12. The lowest BCUT2D eigenvalue weighted by atomic mass is 10.1. The number of carbonyl (C=O) groups is 1. The molecule has 1 unspecified atom stereocenters. The van der Waals surface area contributed by atoms with Gasteiger partial charge in [0.25, 0.3) is 0 Å². The fraction of sp³-hybridized carbons (Fsp3) is 0.278. The zero-order valence-electron chi connectivity index (χ0n) is 12.3. The van der Waals surface area contributed by atoms with Gasteiger partial charge in [-0.15, -0.1) is 11.3 Å². The molecule has 0 aliphatic carbocycles. The van der Waals surface area contributed by atoms with Crippen LogP contribution in [0.1, 0.15) is 34.1 Å². The molecule has 4 rings (SSSR count). The number of aromatic nitrogens is 1. The number of nitrogens with one attached hydrogen (secondary N) is 2. The van der Waals surface area contributed by atoms with Crippen molar-refractivity contribution < 1.29 is 9.69 Å². The second-order valence-electron chi connectivity index (χ2n) is 5.97. The van der Waals surface area contributed by atoms with Crippen molar-refractivity contribution in [1.29, 1.82) is 0 Å². The molecule has 1 aliphatic rings. The lowest BCUT2D eigenvalue weighted by molar-refractivity contribution is -0.909. The Balaban J connectivity index is 1.56. The van der Waals surface area contributed by atoms with Gasteiger partial charge in [0, 0.05) is 35.5 Å². The maximum absolute atomic E-state index is 12.8. The zero-order valence-corrected chi connectivity index (χ0v) is 13.2. The molecule has 1 fully saturated rings. The van der Waals surface area contributed by atoms with Gasteiger partial charge in [-0.3, -0.25) is 4.79 Å². The average molecular weight is 311 g/mol. The summed E-state index contributed by atoms with van der Waals surface area (Å²) < 4.78 is 0. The van der Waals surface area contributed by atoms with Crippen molar-refractivity contribution in [2.75, 3.05) is 13.1 Å². The Bertz CT molecular complexity index is 790. The summed E-state index contributed by atoms with van der Waals surface area (Å²) in [5.74, 6) is 0.246. The van der Waals surface area contributed by atoms with Gasteiger partial charge >= 0.3 is 0 Å². The molecule has 0 bridgehead atoms. The topological polar surface area (TPSA) is 37.3 Å². The smallest absolute Gasteiger partial charge is 0.219 e. The molecule has 0 spiro atoms. The van der Waals surface area contributed by atoms with E-state index in [2.05, 4.69) is 22.5 Å². The molecule has 2 aromatic heterocycles. The van der Waals surface area contributed by atoms with Gasteiger partial charge in [0.15, 0.2) is 0 Å². The number of thiophene rings is 1. The highest BCUT2D eigenvalue weighted by atomic mass is 32.1. The fourth-order valence-corrected chi connectivity index (χ4v) is 4.48. The lowest BCUT2D eigenvalue weighted by Crippen LogP contribution is -3.11. The van der Waals surface area contributed by atoms with Crippen molar-refractivity contribution in [2.45, 2.75) is 18.9 Å². The molecular weight excluding hydrogens is 292 g/mol. The largest absolute Gasteiger partial charge is 0.360 e. The number of para-hydroxylation sites is 1. The molecule has 2 atom stereocenters. The van der Waals surface area contributed by atoms with E-state index in [1.54, 1.807) is 0 Å². The Morgan fingerprint density at radius 2 is 2.18 bits per heavy atom. The first-order valence-electron chi connectivity index (χ1n) is 7.80. The number of benzene rings is 1. The van der Waals surface area contributed by atoms with Gasteiger partial charge in [0.2, 0.25) is 5.78 Å². The number of fused-ring (bicyclic) bond motifs is 1. The summed E-state index contributed by atoms with van der Waals surface area (Å²) in [4.78, 5) is 18.8. The van der Waals surface area contributed by atoms with Crippen molar-refractivity contribution >= 4 is 28.0 Å². The van der Waals surface area contributed by atoms with Gasteiger partial charge in [-0.2, -0.15) is 0 Å². The highest BCUT2D eigenvalue weighted by molar-refractivity contribution is 7.10. The van der Waals surface area contributed by atoms with E-state index in [9.17, 15) is 4.79 Å². The number of likely N-dealkylation sites (tertiary alicyclic amines) is 1. The Morgan fingerprint density at radius 3 is 3.05 bits per heavy atom. The van der Waals surface area contributed by atoms with Gasteiger partial charge < -0.3 is 9.88 Å². The number of quaternary nitrogens is 1. The van der Waals surface area contributed by atoms with Crippen LogP contribution in [-0.4, -0.2) is 23.9 Å². The van der Waals surface area contributed by atoms with Crippen LogP contribution in [0.4, 0.5) is 0 Å². The van der Waals surface area contributed by atoms with Gasteiger partial charge in [-0.05, 0) is 17.5 Å². The molecule has 22 heavy (non-hydrogen) atoms. The number of aromatic amines is 1. The highest BCUT2D eigenvalue weighted by Gasteiger charge is 2.32. The van der Waals surface area contributed by atoms with Gasteiger partial charge in [0.05, 0.1) is 11.4 Å². The van der Waals surface area contributed by atoms with E-state index in [-0.39, 0.29) is 5.78 Å². The standard InChI is InChI=1S/C18H18N2OS/c21-17(14-11-19-15-6-2-1-5-13(14)15)12-20-9-3-7-16(20)18-8-4-10-22-18/h1-2,4-6,8,10-11,16,19H,3,7,9,12H2/p+1/t16-/m1/s1. The summed E-state index contributed by atoms with van der Waals surface area (Å²) in [6, 6.07) is 12.8. The number of carbonyl (C=O) groups excluding carboxylic acids is 1. The van der Waals surface area contributed by atoms with Crippen LogP contribution in [-0.2, 0) is 0 Å². The molecule has 1 aliphatic heterocycles. The summed E-state index contributed by atoms with van der Waals surface area (Å²) in [5.41, 5.74) is 1.87. The summed E-state index contributed by atoms with van der Waals surface area (Å²) in [7, 11) is 0. The second-order valence-corrected chi connectivity index (χ2v) is 6.95. The van der Waals surface area contributed by atoms with E-state index in [1.807, 2.05) is 41.8 Å². The van der Waals surface area contributed by atoms with E-state index in [1.165, 1.54) is 22.6 Å². The third-order valence-corrected chi connectivity index (χ3v) is 5.63. The number of Topliss-reactive ketones (excluding diaryl/α,β-unsaturated/α-hetero) is 1. The lowest BCUT2D eigenvalue weighted by Gasteiger charge is -2.19. The minimum atomic E-state index is 0.246. The minimum Gasteiger partial charge on any atom is -0.360 e. The Morgan fingerprint density at radius 1 is 1.27 bits per heavy atom. The van der Waals surface area contributed by atoms with E-state index in [0.29, 0.717) is 12.6 Å². The summed E-state index contributed by atoms with van der Waals surface area (Å²) >= 11 is 1.81. The average Bonchev–Trinajstić information content (AvgIpc) is 3.27. The Labute approximate surface area is 133 Å². The normalized spacial score (nSPS) is 21.5. The number of hydrogen-bond donors (Lipinski definition) is 2. The molecular formula is C18H19N2OS+. The van der Waals surface area contributed by atoms with Crippen molar-refractivity contribution in [3.8, 4) is 0 Å². The van der Waals surface area contributed by atoms with Gasteiger partial charge in [0.1, 0.15) is 12.6 Å². The van der Waals surface area contributed by atoms with Crippen molar-refractivity contribution in [3.63, 3.8) is 0 Å². The second kappa shape index (κ2) is 5.71. The first kappa shape index (κ1) is 13.7. The number of hydrogen-bond acceptors (Lipinski definition) is 2. The first-order chi connectivity index (χ1) is 10.8. The molecule has 0 amide bonds. The molecule has 1 saturated heterocycles. The molecule has 0 radical (unpaired) electrons. The van der Waals surface area contributed by atoms with Gasteiger partial charge in [-0.1, -0.05) is 24.3 Å². The van der Waals surface area contributed by atoms with Crippen LogP contribution in [0.25, 0.3) is 10.9 Å². The Hall–Kier alpha value is -1.91. The quantitative estimate of drug-likeness (QED) is 0.714. The van der Waals surface area contributed by atoms with Crippen LogP contribution in [0, 0.1) is 0 Å². The minimum absolute atomic E-state index is 0.246. The van der Waals surface area contributed by atoms with Crippen molar-refractivity contribution in [2.24, 2.45) is 0 Å². The van der Waals surface area contributed by atoms with Crippen LogP contribution in [0.3, 0.4) is 0 Å². The molecule has 2 N–H and O–H groups in total. The molecule has 1 aromatic carbocycles. The maximum Gasteiger partial charge on any atom is 0.219 e. The monoisotopic (exact) mass is 311 g/mol. The van der Waals surface area contributed by atoms with Crippen molar-refractivity contribution in [3.05, 3.63) is 58.4 Å². The summed E-state index contributed by atoms with van der Waals surface area (Å²) in [6.07, 6.45) is 4.26. The number of H-pyrrole nitrogens is 1. The number of rotatable bonds is 4. The van der Waals surface area contributed by atoms with Crippen LogP contribution in [0.5, 0.6) is 0 Å². The van der Waals surface area contributed by atoms with E-state index in [0.717, 1.165) is 23.0 Å². The zero-order chi connectivity index (χ0) is 14.9. The summed E-state index contributed by atoms with van der Waals surface area (Å²) in [6.45, 7) is 1.68. The van der Waals surface area contributed by atoms with Crippen molar-refractivity contribution in [1.82, 2.24) is 4.98 Å². The third kappa shape index (κ3) is 2.38. The molecule has 112 valence electrons. The highest BCUT2D eigenvalue weighted by Crippen LogP contribution is 2.24. The number of ketones is 1. The van der Waals surface area contributed by atoms with Crippen LogP contribution < -0.4 is 4.90 Å². The van der Waals surface area contributed by atoms with E-state index < -0.39 is 0 Å². The molecule has 3 aromatic rings. The summed E-state index contributed by atoms with van der Waals surface area (Å²) in [5, 5.41) is 3.17. The van der Waals surface area contributed by atoms with Gasteiger partial charge in [-0.25, -0.2) is 0 Å². The van der Waals surface area contributed by atoms with Crippen LogP contribution >= 0.6 is 11.3 Å². The molecule has 4 heteroatoms. The molecule has 3 nitrogen and oxygen atoms in total. The molecule has 3 heterocycles.